The lowest BCUT2D eigenvalue weighted by Crippen LogP contribution is -2.41. The number of hydrogen-bond acceptors (Lipinski definition) is 6. The minimum Gasteiger partial charge on any atom is -0.408 e. The number of anilines is 1. The summed E-state index contributed by atoms with van der Waals surface area (Å²) in [5.74, 6) is 1.68. The molecule has 8 heteroatoms. The Kier molecular flexibility index (Phi) is 6.01. The summed E-state index contributed by atoms with van der Waals surface area (Å²) < 4.78 is 5.17. The number of ether oxygens (including phenoxy) is 1. The summed E-state index contributed by atoms with van der Waals surface area (Å²) >= 11 is 6.09. The Morgan fingerprint density at radius 1 is 1.23 bits per heavy atom. The van der Waals surface area contributed by atoms with Crippen molar-refractivity contribution in [1.29, 1.82) is 0 Å². The van der Waals surface area contributed by atoms with Crippen molar-refractivity contribution in [2.24, 2.45) is 5.73 Å². The maximum Gasteiger partial charge on any atom is 0.410 e. The number of carbonyl (C=O) groups is 1. The molecule has 7 nitrogen and oxygen atoms in total. The highest BCUT2D eigenvalue weighted by molar-refractivity contribution is 6.30. The van der Waals surface area contributed by atoms with Crippen LogP contribution < -0.4 is 15.8 Å². The number of aryl methyl sites for hydroxylation is 1. The Morgan fingerprint density at radius 2 is 2.00 bits per heavy atom. The highest BCUT2D eigenvalue weighted by Crippen LogP contribution is 2.31. The zero-order chi connectivity index (χ0) is 21.1. The molecule has 0 unspecified atom stereocenters. The average molecular weight is 426 g/mol. The second-order valence-corrected chi connectivity index (χ2v) is 7.75. The zero-order valence-electron chi connectivity index (χ0n) is 16.8. The van der Waals surface area contributed by atoms with E-state index in [2.05, 4.69) is 15.2 Å². The number of nitrogens with two attached hydrogens (primary N) is 1. The molecular weight excluding hydrogens is 402 g/mol. The van der Waals surface area contributed by atoms with Gasteiger partial charge >= 0.3 is 6.09 Å². The van der Waals surface area contributed by atoms with Gasteiger partial charge in [-0.2, -0.15) is 0 Å². The fraction of sp³-hybridized carbons (Fsp3) is 0.318. The molecule has 0 spiro atoms. The fourth-order valence-electron chi connectivity index (χ4n) is 3.55. The monoisotopic (exact) mass is 425 g/mol. The number of carbonyl (C=O) groups excluding carboxylic acids is 1. The van der Waals surface area contributed by atoms with Crippen LogP contribution in [0.5, 0.6) is 5.75 Å². The third-order valence-corrected chi connectivity index (χ3v) is 5.49. The Balaban J connectivity index is 1.75. The standard InChI is InChI=1S/C22H24ClN5O2/c1-2-19-26-20-16(5-3-6-18(20)30-22(24)29)21(27-19)25-17(13-28-11-4-12-28)14-7-9-15(23)10-8-14/h3,5-10,17H,2,4,11-13H2,1H3,(H2,24,29)(H,25,26,27)/t17-/m1/s1. The van der Waals surface area contributed by atoms with E-state index in [1.54, 1.807) is 12.1 Å². The molecule has 156 valence electrons. The van der Waals surface area contributed by atoms with Crippen LogP contribution in [-0.4, -0.2) is 40.6 Å². The highest BCUT2D eigenvalue weighted by atomic mass is 35.5. The number of likely N-dealkylation sites (tertiary alicyclic amines) is 1. The van der Waals surface area contributed by atoms with E-state index in [-0.39, 0.29) is 6.04 Å². The molecule has 0 bridgehead atoms. The first kappa shape index (κ1) is 20.4. The van der Waals surface area contributed by atoms with Gasteiger partial charge in [0.25, 0.3) is 0 Å². The van der Waals surface area contributed by atoms with Crippen molar-refractivity contribution >= 4 is 34.4 Å². The van der Waals surface area contributed by atoms with Crippen LogP contribution >= 0.6 is 11.6 Å². The van der Waals surface area contributed by atoms with Crippen LogP contribution in [0, 0.1) is 0 Å². The van der Waals surface area contributed by atoms with Crippen LogP contribution in [-0.2, 0) is 6.42 Å². The van der Waals surface area contributed by atoms with Gasteiger partial charge in [0.05, 0.1) is 6.04 Å². The van der Waals surface area contributed by atoms with Gasteiger partial charge in [0.1, 0.15) is 17.2 Å². The van der Waals surface area contributed by atoms with E-state index in [4.69, 9.17) is 27.1 Å². The second kappa shape index (κ2) is 8.85. The number of aromatic nitrogens is 2. The van der Waals surface area contributed by atoms with Gasteiger partial charge in [-0.3, -0.25) is 0 Å². The van der Waals surface area contributed by atoms with Gasteiger partial charge in [-0.1, -0.05) is 36.7 Å². The van der Waals surface area contributed by atoms with E-state index in [1.165, 1.54) is 6.42 Å². The van der Waals surface area contributed by atoms with E-state index >= 15 is 0 Å². The Morgan fingerprint density at radius 3 is 2.63 bits per heavy atom. The number of amides is 1. The van der Waals surface area contributed by atoms with Crippen LogP contribution in [0.4, 0.5) is 10.6 Å². The molecule has 0 saturated carbocycles. The summed E-state index contributed by atoms with van der Waals surface area (Å²) in [6.45, 7) is 5.02. The van der Waals surface area contributed by atoms with Gasteiger partial charge < -0.3 is 20.7 Å². The highest BCUT2D eigenvalue weighted by Gasteiger charge is 2.22. The predicted octanol–water partition coefficient (Wildman–Crippen LogP) is 4.16. The smallest absolute Gasteiger partial charge is 0.408 e. The largest absolute Gasteiger partial charge is 0.410 e. The maximum atomic E-state index is 11.3. The molecule has 1 aliphatic rings. The molecule has 2 aromatic carbocycles. The first-order valence-electron chi connectivity index (χ1n) is 10.0. The number of halogens is 1. The number of primary amides is 1. The zero-order valence-corrected chi connectivity index (χ0v) is 17.5. The molecule has 1 aromatic heterocycles. The molecule has 4 rings (SSSR count). The predicted molar refractivity (Wildman–Crippen MR) is 118 cm³/mol. The quantitative estimate of drug-likeness (QED) is 0.590. The molecule has 1 aliphatic heterocycles. The molecule has 0 aliphatic carbocycles. The minimum absolute atomic E-state index is 0.0195. The Bertz CT molecular complexity index is 1050. The third-order valence-electron chi connectivity index (χ3n) is 5.24. The third kappa shape index (κ3) is 4.47. The van der Waals surface area contributed by atoms with E-state index in [0.29, 0.717) is 34.4 Å². The number of rotatable bonds is 7. The summed E-state index contributed by atoms with van der Waals surface area (Å²) in [6, 6.07) is 13.3. The Hall–Kier alpha value is -2.90. The lowest BCUT2D eigenvalue weighted by Gasteiger charge is -2.35. The van der Waals surface area contributed by atoms with Gasteiger partial charge in [-0.25, -0.2) is 14.8 Å². The lowest BCUT2D eigenvalue weighted by molar-refractivity contribution is 0.174. The number of hydrogen-bond donors (Lipinski definition) is 2. The molecule has 3 N–H and O–H groups in total. The topological polar surface area (TPSA) is 93.4 Å². The summed E-state index contributed by atoms with van der Waals surface area (Å²) in [7, 11) is 0. The molecule has 2 heterocycles. The number of benzene rings is 2. The number of fused-ring (bicyclic) bond motifs is 1. The van der Waals surface area contributed by atoms with Gasteiger partial charge in [0, 0.05) is 23.4 Å². The van der Waals surface area contributed by atoms with Gasteiger partial charge in [0.2, 0.25) is 0 Å². The van der Waals surface area contributed by atoms with Crippen molar-refractivity contribution < 1.29 is 9.53 Å². The average Bonchev–Trinajstić information content (AvgIpc) is 2.70. The van der Waals surface area contributed by atoms with Crippen molar-refractivity contribution in [1.82, 2.24) is 14.9 Å². The molecule has 0 radical (unpaired) electrons. The summed E-state index contributed by atoms with van der Waals surface area (Å²) in [5.41, 5.74) is 6.92. The van der Waals surface area contributed by atoms with Crippen LogP contribution in [0.1, 0.15) is 30.8 Å². The maximum absolute atomic E-state index is 11.3. The fourth-order valence-corrected chi connectivity index (χ4v) is 3.67. The van der Waals surface area contributed by atoms with E-state index in [9.17, 15) is 4.79 Å². The summed E-state index contributed by atoms with van der Waals surface area (Å²) in [5, 5.41) is 5.08. The van der Waals surface area contributed by atoms with Gasteiger partial charge in [-0.15, -0.1) is 0 Å². The number of nitrogens with zero attached hydrogens (tertiary/aromatic N) is 3. The molecular formula is C22H24ClN5O2. The van der Waals surface area contributed by atoms with Crippen molar-refractivity contribution in [2.45, 2.75) is 25.8 Å². The molecule has 1 atom stereocenters. The SMILES string of the molecule is CCc1nc(N[C@H](CN2CCC2)c2ccc(Cl)cc2)c2cccc(OC(N)=O)c2n1. The van der Waals surface area contributed by atoms with Crippen molar-refractivity contribution in [2.75, 3.05) is 25.0 Å². The van der Waals surface area contributed by atoms with Crippen molar-refractivity contribution in [3.8, 4) is 5.75 Å². The first-order valence-corrected chi connectivity index (χ1v) is 10.4. The van der Waals surface area contributed by atoms with Crippen molar-refractivity contribution in [3.05, 3.63) is 58.9 Å². The number of nitrogens with one attached hydrogen (secondary N) is 1. The minimum atomic E-state index is -0.870. The summed E-state index contributed by atoms with van der Waals surface area (Å²) in [6.07, 6.45) is 0.996. The van der Waals surface area contributed by atoms with Gasteiger partial charge in [0.15, 0.2) is 5.75 Å². The van der Waals surface area contributed by atoms with E-state index in [1.807, 2.05) is 37.3 Å². The van der Waals surface area contributed by atoms with E-state index in [0.717, 1.165) is 30.6 Å². The normalized spacial score (nSPS) is 14.9. The number of para-hydroxylation sites is 1. The molecule has 1 fully saturated rings. The first-order chi connectivity index (χ1) is 14.5. The van der Waals surface area contributed by atoms with Crippen LogP contribution in [0.3, 0.4) is 0 Å². The second-order valence-electron chi connectivity index (χ2n) is 7.32. The van der Waals surface area contributed by atoms with Crippen LogP contribution in [0.15, 0.2) is 42.5 Å². The van der Waals surface area contributed by atoms with Crippen molar-refractivity contribution in [3.63, 3.8) is 0 Å². The van der Waals surface area contributed by atoms with E-state index < -0.39 is 6.09 Å². The molecule has 3 aromatic rings. The summed E-state index contributed by atoms with van der Waals surface area (Å²) in [4.78, 5) is 23.0. The lowest BCUT2D eigenvalue weighted by atomic mass is 10.0. The van der Waals surface area contributed by atoms with Crippen LogP contribution in [0.2, 0.25) is 5.02 Å². The molecule has 30 heavy (non-hydrogen) atoms. The molecule has 1 saturated heterocycles. The van der Waals surface area contributed by atoms with Crippen LogP contribution in [0.25, 0.3) is 10.9 Å². The molecule has 1 amide bonds. The van der Waals surface area contributed by atoms with Gasteiger partial charge in [-0.05, 0) is 49.3 Å². The Labute approximate surface area is 180 Å².